The second-order valence-electron chi connectivity index (χ2n) is 13.1. The number of carbonyl (C=O) groups is 1. The van der Waals surface area contributed by atoms with Crippen molar-refractivity contribution < 1.29 is 4.79 Å². The van der Waals surface area contributed by atoms with E-state index in [-0.39, 0.29) is 5.91 Å². The normalized spacial score (nSPS) is 12.5. The maximum atomic E-state index is 14.0. The molecule has 6 aromatic carbocycles. The van der Waals surface area contributed by atoms with Crippen LogP contribution in [0.2, 0.25) is 0 Å². The predicted molar refractivity (Wildman–Crippen MR) is 212 cm³/mol. The molecule has 0 aliphatic carbocycles. The average molecular weight is 668 g/mol. The molecule has 6 heteroatoms. The van der Waals surface area contributed by atoms with Crippen molar-refractivity contribution in [1.29, 1.82) is 0 Å². The van der Waals surface area contributed by atoms with Crippen LogP contribution >= 0.6 is 0 Å². The van der Waals surface area contributed by atoms with E-state index in [2.05, 4.69) is 159 Å². The van der Waals surface area contributed by atoms with E-state index in [9.17, 15) is 4.79 Å². The number of anilines is 7. The minimum absolute atomic E-state index is 0.0229. The van der Waals surface area contributed by atoms with Gasteiger partial charge in [0.15, 0.2) is 0 Å². The van der Waals surface area contributed by atoms with E-state index < -0.39 is 0 Å². The average Bonchev–Trinajstić information content (AvgIpc) is 3.68. The first-order valence-corrected chi connectivity index (χ1v) is 17.7. The molecule has 6 nitrogen and oxygen atoms in total. The zero-order valence-corrected chi connectivity index (χ0v) is 29.8. The molecule has 2 aliphatic heterocycles. The molecule has 0 radical (unpaired) electrons. The minimum Gasteiger partial charge on any atom is -0.341 e. The third kappa shape index (κ3) is 5.18. The molecule has 0 spiro atoms. The zero-order valence-electron chi connectivity index (χ0n) is 29.8. The number of aryl methyl sites for hydroxylation is 3. The molecule has 0 N–H and O–H groups in total. The lowest BCUT2D eigenvalue weighted by Gasteiger charge is -2.40. The quantitative estimate of drug-likeness (QED) is 0.183. The summed E-state index contributed by atoms with van der Waals surface area (Å²) in [7, 11) is 0. The maximum Gasteiger partial charge on any atom is 0.267 e. The van der Waals surface area contributed by atoms with Gasteiger partial charge >= 0.3 is 0 Å². The Labute approximate surface area is 299 Å². The number of carbonyl (C=O) groups excluding carboxylic acids is 1. The summed E-state index contributed by atoms with van der Waals surface area (Å²) in [5, 5.41) is 0. The van der Waals surface area contributed by atoms with Gasteiger partial charge in [0.25, 0.3) is 5.91 Å². The maximum absolute atomic E-state index is 14.0. The Morgan fingerprint density at radius 3 is 1.65 bits per heavy atom. The number of para-hydroxylation sites is 8. The molecule has 0 saturated carbocycles. The number of nitrogens with zero attached hydrogens (tertiary/aromatic N) is 5. The topological polar surface area (TPSA) is 44.6 Å². The van der Waals surface area contributed by atoms with Gasteiger partial charge in [-0.3, -0.25) is 9.36 Å². The number of aromatic nitrogens is 2. The van der Waals surface area contributed by atoms with Gasteiger partial charge in [-0.2, -0.15) is 0 Å². The lowest BCUT2D eigenvalue weighted by molar-refractivity contribution is 0.0974. The molecular formula is C45H41N5O. The van der Waals surface area contributed by atoms with Crippen molar-refractivity contribution >= 4 is 56.8 Å². The third-order valence-corrected chi connectivity index (χ3v) is 10.1. The highest BCUT2D eigenvalue weighted by molar-refractivity contribution is 6.18. The Kier molecular flexibility index (Phi) is 8.15. The number of benzene rings is 6. The summed E-state index contributed by atoms with van der Waals surface area (Å²) < 4.78 is 1.77. The summed E-state index contributed by atoms with van der Waals surface area (Å²) in [6, 6.07) is 45.9. The molecule has 0 bridgehead atoms. The Hall–Kier alpha value is -6.14. The first-order chi connectivity index (χ1) is 24.9. The molecule has 51 heavy (non-hydrogen) atoms. The SMILES string of the molecule is CCN(c1ccccc1C)c1ccccc1C.CCN1c2ccccc2N(c2ccc(C)c3c2C(=O)n2c-3nc3ccccc32)c2ccccc21. The molecule has 3 heterocycles. The Bertz CT molecular complexity index is 2350. The second-order valence-corrected chi connectivity index (χ2v) is 13.1. The van der Waals surface area contributed by atoms with Crippen LogP contribution in [0.3, 0.4) is 0 Å². The Balaban J connectivity index is 0.000000186. The summed E-state index contributed by atoms with van der Waals surface area (Å²) in [5.41, 5.74) is 14.9. The lowest BCUT2D eigenvalue weighted by Crippen LogP contribution is -2.27. The van der Waals surface area contributed by atoms with Crippen LogP contribution in [0, 0.1) is 20.8 Å². The Morgan fingerprint density at radius 1 is 0.549 bits per heavy atom. The van der Waals surface area contributed by atoms with Crippen LogP contribution < -0.4 is 14.7 Å². The van der Waals surface area contributed by atoms with Crippen LogP contribution in [0.15, 0.2) is 133 Å². The highest BCUT2D eigenvalue weighted by atomic mass is 16.2. The van der Waals surface area contributed by atoms with Crippen molar-refractivity contribution in [2.75, 3.05) is 27.8 Å². The zero-order chi connectivity index (χ0) is 35.2. The van der Waals surface area contributed by atoms with Gasteiger partial charge in [0.05, 0.1) is 45.0 Å². The third-order valence-electron chi connectivity index (χ3n) is 10.1. The number of fused-ring (bicyclic) bond motifs is 7. The van der Waals surface area contributed by atoms with E-state index >= 15 is 0 Å². The first-order valence-electron chi connectivity index (χ1n) is 17.7. The van der Waals surface area contributed by atoms with Crippen LogP contribution in [0.5, 0.6) is 0 Å². The van der Waals surface area contributed by atoms with Crippen molar-refractivity contribution in [3.63, 3.8) is 0 Å². The van der Waals surface area contributed by atoms with Gasteiger partial charge in [-0.05, 0) is 106 Å². The van der Waals surface area contributed by atoms with Gasteiger partial charge < -0.3 is 14.7 Å². The molecule has 0 atom stereocenters. The van der Waals surface area contributed by atoms with Gasteiger partial charge in [-0.25, -0.2) is 4.98 Å². The van der Waals surface area contributed by atoms with Crippen LogP contribution in [0.4, 0.5) is 39.8 Å². The van der Waals surface area contributed by atoms with E-state index in [1.165, 1.54) is 22.5 Å². The second kappa shape index (κ2) is 13.0. The molecule has 0 unspecified atom stereocenters. The summed E-state index contributed by atoms with van der Waals surface area (Å²) >= 11 is 0. The first kappa shape index (κ1) is 32.1. The van der Waals surface area contributed by atoms with Gasteiger partial charge in [0.2, 0.25) is 0 Å². The van der Waals surface area contributed by atoms with Crippen LogP contribution in [-0.2, 0) is 0 Å². The standard InChI is InChI=1S/C29H22N4O.C16H19N/c1-3-31-21-12-6-8-14-23(21)32(24-15-9-7-13-22(24)31)25-17-16-18(2)26-27(25)29(34)33-20-11-5-4-10-19(20)30-28(26)33;1-4-17(15-11-7-5-9-13(15)2)16-12-8-6-10-14(16)3/h4-17H,3H2,1-2H3;5-12H,4H2,1-3H3. The number of hydrogen-bond donors (Lipinski definition) is 0. The smallest absolute Gasteiger partial charge is 0.267 e. The highest BCUT2D eigenvalue weighted by Gasteiger charge is 2.38. The van der Waals surface area contributed by atoms with E-state index in [4.69, 9.17) is 4.98 Å². The fraction of sp³-hybridized carbons (Fsp3) is 0.156. The monoisotopic (exact) mass is 667 g/mol. The molecule has 9 rings (SSSR count). The van der Waals surface area contributed by atoms with Crippen LogP contribution in [-0.4, -0.2) is 28.5 Å². The van der Waals surface area contributed by atoms with E-state index in [0.29, 0.717) is 5.56 Å². The van der Waals surface area contributed by atoms with Crippen molar-refractivity contribution in [1.82, 2.24) is 9.55 Å². The number of imidazole rings is 1. The van der Waals surface area contributed by atoms with Gasteiger partial charge in [0.1, 0.15) is 5.82 Å². The molecule has 252 valence electrons. The van der Waals surface area contributed by atoms with Crippen molar-refractivity contribution in [3.05, 3.63) is 156 Å². The predicted octanol–water partition coefficient (Wildman–Crippen LogP) is 11.4. The fourth-order valence-corrected chi connectivity index (χ4v) is 7.72. The molecule has 7 aromatic rings. The molecule has 2 aliphatic rings. The van der Waals surface area contributed by atoms with E-state index in [1.807, 2.05) is 24.3 Å². The summed E-state index contributed by atoms with van der Waals surface area (Å²) in [4.78, 5) is 25.8. The van der Waals surface area contributed by atoms with Crippen molar-refractivity contribution in [2.24, 2.45) is 0 Å². The molecule has 0 amide bonds. The van der Waals surface area contributed by atoms with Gasteiger partial charge in [0, 0.05) is 30.0 Å². The van der Waals surface area contributed by atoms with Crippen LogP contribution in [0.1, 0.15) is 40.9 Å². The number of rotatable bonds is 5. The Morgan fingerprint density at radius 2 is 1.08 bits per heavy atom. The summed E-state index contributed by atoms with van der Waals surface area (Å²) in [5.74, 6) is 0.708. The van der Waals surface area contributed by atoms with Gasteiger partial charge in [-0.15, -0.1) is 0 Å². The largest absolute Gasteiger partial charge is 0.341 e. The van der Waals surface area contributed by atoms with E-state index in [0.717, 1.165) is 69.5 Å². The minimum atomic E-state index is -0.0229. The summed E-state index contributed by atoms with van der Waals surface area (Å²) in [6.07, 6.45) is 0. The van der Waals surface area contributed by atoms with Gasteiger partial charge in [-0.1, -0.05) is 78.9 Å². The van der Waals surface area contributed by atoms with Crippen molar-refractivity contribution in [3.8, 4) is 11.4 Å². The molecule has 0 saturated heterocycles. The molecular weight excluding hydrogens is 627 g/mol. The fourth-order valence-electron chi connectivity index (χ4n) is 7.72. The molecule has 0 fully saturated rings. The number of hydrogen-bond acceptors (Lipinski definition) is 5. The summed E-state index contributed by atoms with van der Waals surface area (Å²) in [6.45, 7) is 12.6. The van der Waals surface area contributed by atoms with Crippen LogP contribution in [0.25, 0.3) is 22.4 Å². The molecule has 1 aromatic heterocycles. The highest BCUT2D eigenvalue weighted by Crippen LogP contribution is 2.53. The van der Waals surface area contributed by atoms with E-state index in [1.54, 1.807) is 4.57 Å². The lowest BCUT2D eigenvalue weighted by atomic mass is 9.98. The van der Waals surface area contributed by atoms with Crippen molar-refractivity contribution in [2.45, 2.75) is 34.6 Å².